The first-order valence-electron chi connectivity index (χ1n) is 6.37. The Balaban J connectivity index is 1.67. The van der Waals surface area contributed by atoms with Crippen LogP contribution in [0.1, 0.15) is 11.3 Å². The van der Waals surface area contributed by atoms with Gasteiger partial charge in [-0.15, -0.1) is 0 Å². The van der Waals surface area contributed by atoms with Gasteiger partial charge in [-0.3, -0.25) is 0 Å². The number of rotatable bonds is 2. The van der Waals surface area contributed by atoms with Crippen LogP contribution in [0.4, 0.5) is 0 Å². The second-order valence-electron chi connectivity index (χ2n) is 4.55. The summed E-state index contributed by atoms with van der Waals surface area (Å²) in [5.41, 5.74) is 0.841. The molecule has 2 aliphatic heterocycles. The van der Waals surface area contributed by atoms with Crippen molar-refractivity contribution in [3.8, 4) is 11.5 Å². The number of furan rings is 1. The summed E-state index contributed by atoms with van der Waals surface area (Å²) in [4.78, 5) is 16.1. The van der Waals surface area contributed by atoms with Crippen LogP contribution >= 0.6 is 22.6 Å². The van der Waals surface area contributed by atoms with Crippen LogP contribution in [0.5, 0.6) is 11.5 Å². The van der Waals surface area contributed by atoms with Gasteiger partial charge in [0.15, 0.2) is 21.0 Å². The summed E-state index contributed by atoms with van der Waals surface area (Å²) in [5, 5.41) is 0. The van der Waals surface area contributed by atoms with Gasteiger partial charge in [-0.2, -0.15) is 0 Å². The largest absolute Gasteiger partial charge is 0.454 e. The monoisotopic (exact) mass is 409 g/mol. The highest BCUT2D eigenvalue weighted by Crippen LogP contribution is 2.33. The Hall–Kier alpha value is -2.29. The maximum Gasteiger partial charge on any atom is 0.363 e. The summed E-state index contributed by atoms with van der Waals surface area (Å²) < 4.78 is 21.9. The fourth-order valence-electron chi connectivity index (χ4n) is 2.10. The summed E-state index contributed by atoms with van der Waals surface area (Å²) in [5.74, 6) is 1.53. The van der Waals surface area contributed by atoms with E-state index in [-0.39, 0.29) is 18.4 Å². The molecule has 4 rings (SSSR count). The molecule has 110 valence electrons. The Morgan fingerprint density at radius 2 is 2.00 bits per heavy atom. The van der Waals surface area contributed by atoms with Gasteiger partial charge in [0, 0.05) is 11.6 Å². The highest BCUT2D eigenvalue weighted by atomic mass is 127. The van der Waals surface area contributed by atoms with Gasteiger partial charge < -0.3 is 18.6 Å². The fraction of sp³-hybridized carbons (Fsp3) is 0.0667. The summed E-state index contributed by atoms with van der Waals surface area (Å²) in [6, 6.07) is 8.81. The molecular formula is C15H8INO5. The van der Waals surface area contributed by atoms with Crippen molar-refractivity contribution in [1.29, 1.82) is 0 Å². The average molecular weight is 409 g/mol. The molecule has 0 spiro atoms. The Labute approximate surface area is 138 Å². The van der Waals surface area contributed by atoms with Crippen molar-refractivity contribution >= 4 is 40.5 Å². The van der Waals surface area contributed by atoms with Crippen molar-refractivity contribution in [2.24, 2.45) is 4.99 Å². The third kappa shape index (κ3) is 2.37. The van der Waals surface area contributed by atoms with Crippen LogP contribution in [0.15, 0.2) is 45.4 Å². The molecule has 3 heterocycles. The van der Waals surface area contributed by atoms with E-state index in [2.05, 4.69) is 4.99 Å². The molecule has 0 saturated heterocycles. The second kappa shape index (κ2) is 5.16. The zero-order valence-corrected chi connectivity index (χ0v) is 13.2. The molecule has 1 aromatic heterocycles. The number of carbonyl (C=O) groups is 1. The minimum absolute atomic E-state index is 0.188. The van der Waals surface area contributed by atoms with Crippen molar-refractivity contribution < 1.29 is 23.4 Å². The number of esters is 1. The maximum absolute atomic E-state index is 11.9. The molecule has 2 aromatic rings. The topological polar surface area (TPSA) is 70.3 Å². The van der Waals surface area contributed by atoms with E-state index < -0.39 is 5.97 Å². The quantitative estimate of drug-likeness (QED) is 0.434. The molecule has 0 amide bonds. The van der Waals surface area contributed by atoms with Crippen LogP contribution in [0.2, 0.25) is 0 Å². The van der Waals surface area contributed by atoms with Crippen molar-refractivity contribution in [2.75, 3.05) is 6.79 Å². The molecule has 0 N–H and O–H groups in total. The molecular weight excluding hydrogens is 401 g/mol. The lowest BCUT2D eigenvalue weighted by atomic mass is 10.2. The van der Waals surface area contributed by atoms with E-state index in [0.29, 0.717) is 22.8 Å². The van der Waals surface area contributed by atoms with Crippen LogP contribution in [0.3, 0.4) is 0 Å². The van der Waals surface area contributed by atoms with E-state index in [9.17, 15) is 4.79 Å². The van der Waals surface area contributed by atoms with Crippen LogP contribution in [0.25, 0.3) is 6.08 Å². The number of halogens is 1. The third-order valence-electron chi connectivity index (χ3n) is 3.11. The molecule has 0 fully saturated rings. The number of ether oxygens (including phenoxy) is 3. The van der Waals surface area contributed by atoms with Crippen LogP contribution in [0, 0.1) is 3.77 Å². The number of nitrogens with zero attached hydrogens (tertiary/aromatic N) is 1. The number of aliphatic imine (C=N–C) groups is 1. The lowest BCUT2D eigenvalue weighted by Crippen LogP contribution is -2.05. The summed E-state index contributed by atoms with van der Waals surface area (Å²) >= 11 is 2.05. The van der Waals surface area contributed by atoms with Crippen molar-refractivity contribution in [3.63, 3.8) is 0 Å². The first kappa shape index (κ1) is 13.4. The molecule has 22 heavy (non-hydrogen) atoms. The third-order valence-corrected chi connectivity index (χ3v) is 3.69. The van der Waals surface area contributed by atoms with Gasteiger partial charge in [0.2, 0.25) is 12.7 Å². The number of hydrogen-bond donors (Lipinski definition) is 0. The molecule has 0 saturated carbocycles. The van der Waals surface area contributed by atoms with Gasteiger partial charge >= 0.3 is 5.97 Å². The minimum atomic E-state index is -0.515. The standard InChI is InChI=1S/C15H8INO5/c16-13-4-2-9(21-13)6-10-15(18)22-14(17-10)8-1-3-11-12(5-8)20-7-19-11/h1-6H,7H2. The Bertz CT molecular complexity index is 836. The highest BCUT2D eigenvalue weighted by Gasteiger charge is 2.26. The number of benzene rings is 1. The molecule has 2 aliphatic rings. The van der Waals surface area contributed by atoms with E-state index in [1.807, 2.05) is 22.6 Å². The van der Waals surface area contributed by atoms with Crippen molar-refractivity contribution in [2.45, 2.75) is 0 Å². The molecule has 0 unspecified atom stereocenters. The normalized spacial score (nSPS) is 17.8. The van der Waals surface area contributed by atoms with E-state index in [4.69, 9.17) is 18.6 Å². The Morgan fingerprint density at radius 3 is 2.82 bits per heavy atom. The van der Waals surface area contributed by atoms with Gasteiger partial charge in [0.25, 0.3) is 0 Å². The lowest BCUT2D eigenvalue weighted by molar-refractivity contribution is -0.129. The molecule has 0 bridgehead atoms. The smallest absolute Gasteiger partial charge is 0.363 e. The number of cyclic esters (lactones) is 1. The highest BCUT2D eigenvalue weighted by molar-refractivity contribution is 14.1. The molecule has 1 aromatic carbocycles. The summed E-state index contributed by atoms with van der Waals surface area (Å²) in [7, 11) is 0. The Kier molecular flexibility index (Phi) is 3.14. The SMILES string of the molecule is O=C1OC(c2ccc3c(c2)OCO3)=NC1=Cc1ccc(I)o1. The summed E-state index contributed by atoms with van der Waals surface area (Å²) in [6.45, 7) is 0.188. The summed E-state index contributed by atoms with van der Waals surface area (Å²) in [6.07, 6.45) is 1.55. The predicted molar refractivity (Wildman–Crippen MR) is 84.6 cm³/mol. The minimum Gasteiger partial charge on any atom is -0.454 e. The van der Waals surface area contributed by atoms with Gasteiger partial charge in [0.05, 0.1) is 0 Å². The molecule has 0 radical (unpaired) electrons. The van der Waals surface area contributed by atoms with Gasteiger partial charge in [-0.25, -0.2) is 9.79 Å². The van der Waals surface area contributed by atoms with Crippen LogP contribution < -0.4 is 9.47 Å². The number of fused-ring (bicyclic) bond motifs is 1. The first-order chi connectivity index (χ1) is 10.7. The van der Waals surface area contributed by atoms with Crippen molar-refractivity contribution in [3.05, 3.63) is 51.1 Å². The predicted octanol–water partition coefficient (Wildman–Crippen LogP) is 2.96. The van der Waals surface area contributed by atoms with Gasteiger partial charge in [-0.05, 0) is 52.9 Å². The zero-order valence-electron chi connectivity index (χ0n) is 11.0. The lowest BCUT2D eigenvalue weighted by Gasteiger charge is -2.01. The van der Waals surface area contributed by atoms with E-state index >= 15 is 0 Å². The molecule has 7 heteroatoms. The van der Waals surface area contributed by atoms with Crippen molar-refractivity contribution in [1.82, 2.24) is 0 Å². The molecule has 0 atom stereocenters. The van der Waals surface area contributed by atoms with E-state index in [1.165, 1.54) is 0 Å². The van der Waals surface area contributed by atoms with Gasteiger partial charge in [-0.1, -0.05) is 0 Å². The zero-order chi connectivity index (χ0) is 15.1. The average Bonchev–Trinajstić information content (AvgIpc) is 3.20. The number of hydrogen-bond acceptors (Lipinski definition) is 6. The fourth-order valence-corrected chi connectivity index (χ4v) is 2.54. The van der Waals surface area contributed by atoms with Gasteiger partial charge in [0.1, 0.15) is 5.76 Å². The second-order valence-corrected chi connectivity index (χ2v) is 5.61. The first-order valence-corrected chi connectivity index (χ1v) is 7.45. The molecule has 6 nitrogen and oxygen atoms in total. The molecule has 0 aliphatic carbocycles. The van der Waals surface area contributed by atoms with E-state index in [0.717, 1.165) is 3.77 Å². The van der Waals surface area contributed by atoms with Crippen LogP contribution in [-0.2, 0) is 9.53 Å². The maximum atomic E-state index is 11.9. The van der Waals surface area contributed by atoms with Crippen LogP contribution in [-0.4, -0.2) is 18.7 Å². The Morgan fingerprint density at radius 1 is 1.14 bits per heavy atom. The number of carbonyl (C=O) groups excluding carboxylic acids is 1. The van der Waals surface area contributed by atoms with E-state index in [1.54, 1.807) is 36.4 Å².